The van der Waals surface area contributed by atoms with E-state index >= 15 is 0 Å². The van der Waals surface area contributed by atoms with Crippen LogP contribution in [0.15, 0.2) is 36.5 Å². The summed E-state index contributed by atoms with van der Waals surface area (Å²) in [6.45, 7) is 2.64. The molecule has 12 nitrogen and oxygen atoms in total. The van der Waals surface area contributed by atoms with Crippen LogP contribution in [-0.2, 0) is 37.5 Å². The van der Waals surface area contributed by atoms with Crippen LogP contribution in [0.1, 0.15) is 226 Å². The van der Waals surface area contributed by atoms with Crippen LogP contribution in [0.2, 0.25) is 0 Å². The van der Waals surface area contributed by atoms with Crippen LogP contribution in [0.4, 0.5) is 0 Å². The molecule has 368 valence electrons. The van der Waals surface area contributed by atoms with E-state index < -0.39 is 63.8 Å². The summed E-state index contributed by atoms with van der Waals surface area (Å²) in [5.41, 5.74) is 5.34. The molecule has 2 unspecified atom stereocenters. The zero-order valence-electron chi connectivity index (χ0n) is 39.8. The molecule has 0 saturated heterocycles. The average Bonchev–Trinajstić information content (AvgIpc) is 3.25. The van der Waals surface area contributed by atoms with Crippen LogP contribution < -0.4 is 5.73 Å². The van der Waals surface area contributed by atoms with Gasteiger partial charge in [0, 0.05) is 12.8 Å². The summed E-state index contributed by atoms with van der Waals surface area (Å²) in [5.74, 6) is -2.58. The number of phosphoric ester groups is 1. The van der Waals surface area contributed by atoms with Gasteiger partial charge < -0.3 is 30.3 Å². The fourth-order valence-electron chi connectivity index (χ4n) is 7.02. The van der Waals surface area contributed by atoms with Gasteiger partial charge in [0.25, 0.3) is 0 Å². The summed E-state index contributed by atoms with van der Waals surface area (Å²) in [6.07, 6.45) is 46.7. The Kier molecular flexibility index (Phi) is 43.2. The first-order valence-corrected chi connectivity index (χ1v) is 26.6. The number of hydrogen-bond acceptors (Lipinski definition) is 10. The molecule has 63 heavy (non-hydrogen) atoms. The van der Waals surface area contributed by atoms with Gasteiger partial charge in [-0.15, -0.1) is 0 Å². The van der Waals surface area contributed by atoms with Crippen molar-refractivity contribution in [3.63, 3.8) is 0 Å². The van der Waals surface area contributed by atoms with E-state index in [1.54, 1.807) is 12.2 Å². The highest BCUT2D eigenvalue weighted by Crippen LogP contribution is 2.43. The molecule has 0 radical (unpaired) electrons. The second-order valence-electron chi connectivity index (χ2n) is 17.2. The van der Waals surface area contributed by atoms with Crippen LogP contribution in [0.25, 0.3) is 0 Å². The molecule has 0 aliphatic carbocycles. The summed E-state index contributed by atoms with van der Waals surface area (Å²) in [6, 6.07) is -1.55. The molecule has 0 bridgehead atoms. The molecular formula is C50H92NO11P. The van der Waals surface area contributed by atoms with Crippen LogP contribution >= 0.6 is 7.82 Å². The van der Waals surface area contributed by atoms with Gasteiger partial charge in [-0.05, 0) is 38.5 Å². The Balaban J connectivity index is 4.38. The summed E-state index contributed by atoms with van der Waals surface area (Å²) in [5, 5.41) is 19.2. The van der Waals surface area contributed by atoms with Gasteiger partial charge in [-0.1, -0.05) is 211 Å². The fraction of sp³-hybridized carbons (Fsp3) is 0.820. The van der Waals surface area contributed by atoms with Crippen LogP contribution in [-0.4, -0.2) is 71.1 Å². The van der Waals surface area contributed by atoms with E-state index in [9.17, 15) is 28.9 Å². The maximum absolute atomic E-state index is 12.7. The maximum Gasteiger partial charge on any atom is 0.472 e. The minimum Gasteiger partial charge on any atom is -0.480 e. The molecule has 0 spiro atoms. The maximum atomic E-state index is 12.7. The van der Waals surface area contributed by atoms with Gasteiger partial charge in [-0.3, -0.25) is 23.4 Å². The average molecular weight is 914 g/mol. The second kappa shape index (κ2) is 44.8. The molecular weight excluding hydrogens is 822 g/mol. The number of aliphatic hydroxyl groups excluding tert-OH is 1. The van der Waals surface area contributed by atoms with E-state index in [-0.39, 0.29) is 12.8 Å². The Morgan fingerprint density at radius 1 is 0.571 bits per heavy atom. The van der Waals surface area contributed by atoms with Crippen molar-refractivity contribution in [1.29, 1.82) is 0 Å². The van der Waals surface area contributed by atoms with Gasteiger partial charge in [0.2, 0.25) is 0 Å². The third kappa shape index (κ3) is 44.6. The highest BCUT2D eigenvalue weighted by atomic mass is 31.2. The summed E-state index contributed by atoms with van der Waals surface area (Å²) < 4.78 is 32.7. The predicted molar refractivity (Wildman–Crippen MR) is 255 cm³/mol. The van der Waals surface area contributed by atoms with Crippen molar-refractivity contribution in [2.45, 2.75) is 244 Å². The normalized spacial score (nSPS) is 14.4. The summed E-state index contributed by atoms with van der Waals surface area (Å²) in [7, 11) is -4.76. The Labute approximate surface area is 383 Å². The van der Waals surface area contributed by atoms with Crippen LogP contribution in [0, 0.1) is 0 Å². The Hall–Kier alpha value is -2.34. The lowest BCUT2D eigenvalue weighted by atomic mass is 10.0. The first kappa shape index (κ1) is 60.7. The zero-order valence-corrected chi connectivity index (χ0v) is 40.7. The molecule has 4 atom stereocenters. The molecule has 13 heteroatoms. The molecule has 0 amide bonds. The van der Waals surface area contributed by atoms with E-state index in [1.807, 2.05) is 12.2 Å². The van der Waals surface area contributed by atoms with Gasteiger partial charge in [-0.25, -0.2) is 4.57 Å². The first-order chi connectivity index (χ1) is 30.5. The van der Waals surface area contributed by atoms with E-state index in [0.717, 1.165) is 32.1 Å². The van der Waals surface area contributed by atoms with Crippen LogP contribution in [0.3, 0.4) is 0 Å². The number of rotatable bonds is 47. The Bertz CT molecular complexity index is 1230. The third-order valence-electron chi connectivity index (χ3n) is 11.0. The van der Waals surface area contributed by atoms with Crippen molar-refractivity contribution in [3.05, 3.63) is 36.5 Å². The first-order valence-electron chi connectivity index (χ1n) is 25.1. The number of nitrogens with two attached hydrogens (primary N) is 1. The number of carbonyl (C=O) groups is 3. The zero-order chi connectivity index (χ0) is 46.5. The molecule has 0 rings (SSSR count). The molecule has 0 saturated carbocycles. The molecule has 0 aromatic heterocycles. The number of aliphatic carboxylic acids is 1. The lowest BCUT2D eigenvalue weighted by Crippen LogP contribution is -2.34. The number of ether oxygens (including phenoxy) is 2. The van der Waals surface area contributed by atoms with E-state index in [4.69, 9.17) is 24.8 Å². The van der Waals surface area contributed by atoms with Gasteiger partial charge in [0.1, 0.15) is 12.6 Å². The lowest BCUT2D eigenvalue weighted by molar-refractivity contribution is -0.161. The second-order valence-corrected chi connectivity index (χ2v) is 18.6. The number of esters is 2. The fourth-order valence-corrected chi connectivity index (χ4v) is 7.80. The molecule has 0 aromatic carbocycles. The number of unbranched alkanes of at least 4 members (excludes halogenated alkanes) is 26. The van der Waals surface area contributed by atoms with Crippen molar-refractivity contribution >= 4 is 25.7 Å². The SMILES string of the molecule is CCCCCCCC/C=C/C/C=C/C=C/C(O)CCCC(=O)OC[C@H](COP(=O)(O)OC[C@H](N)C(=O)O)OC(=O)CCCCCCCCCCCCCCCCCCCCCCC. The molecule has 5 N–H and O–H groups in total. The monoisotopic (exact) mass is 914 g/mol. The number of allylic oxidation sites excluding steroid dienone is 5. The predicted octanol–water partition coefficient (Wildman–Crippen LogP) is 12.9. The number of carboxylic acids is 1. The number of aliphatic hydroxyl groups is 1. The quantitative estimate of drug-likeness (QED) is 0.0149. The standard InChI is InChI=1S/C50H92NO11P/c1-3-5-7-9-11-13-15-17-18-19-20-21-22-23-24-26-28-30-32-34-36-40-49(54)62-46(43-60-63(57,58)61-44-47(51)50(55)56)42-59-48(53)41-37-39-45(52)38-35-33-31-29-27-25-16-14-12-10-8-6-4-2/h25,27,31,33,35,38,45-47,52H,3-24,26,28-30,32,34,36-37,39-44,51H2,1-2H3,(H,55,56)(H,57,58)/b27-25+,33-31+,38-35+/t45?,46-,47+/m1/s1. The van der Waals surface area contributed by atoms with E-state index in [2.05, 4.69) is 30.5 Å². The van der Waals surface area contributed by atoms with Gasteiger partial charge >= 0.3 is 25.7 Å². The van der Waals surface area contributed by atoms with Crippen molar-refractivity contribution in [3.8, 4) is 0 Å². The Morgan fingerprint density at radius 2 is 1.03 bits per heavy atom. The van der Waals surface area contributed by atoms with E-state index in [0.29, 0.717) is 19.3 Å². The van der Waals surface area contributed by atoms with E-state index in [1.165, 1.54) is 148 Å². The minimum atomic E-state index is -4.76. The van der Waals surface area contributed by atoms with Crippen LogP contribution in [0.5, 0.6) is 0 Å². The summed E-state index contributed by atoms with van der Waals surface area (Å²) in [4.78, 5) is 46.1. The largest absolute Gasteiger partial charge is 0.480 e. The smallest absolute Gasteiger partial charge is 0.472 e. The molecule has 0 aromatic rings. The molecule has 0 aliphatic heterocycles. The Morgan fingerprint density at radius 3 is 1.54 bits per heavy atom. The number of carboxylic acid groups (broad SMARTS) is 1. The number of carbonyl (C=O) groups excluding carboxylic acids is 2. The summed E-state index contributed by atoms with van der Waals surface area (Å²) >= 11 is 0. The highest BCUT2D eigenvalue weighted by molar-refractivity contribution is 7.47. The molecule has 0 fully saturated rings. The minimum absolute atomic E-state index is 0.000216. The third-order valence-corrected chi connectivity index (χ3v) is 11.9. The van der Waals surface area contributed by atoms with Gasteiger partial charge in [0.05, 0.1) is 19.3 Å². The van der Waals surface area contributed by atoms with Crippen molar-refractivity contribution < 1.29 is 52.6 Å². The van der Waals surface area contributed by atoms with Crippen molar-refractivity contribution in [1.82, 2.24) is 0 Å². The highest BCUT2D eigenvalue weighted by Gasteiger charge is 2.28. The molecule has 0 aliphatic rings. The number of phosphoric acid groups is 1. The van der Waals surface area contributed by atoms with Crippen molar-refractivity contribution in [2.24, 2.45) is 5.73 Å². The van der Waals surface area contributed by atoms with Gasteiger partial charge in [0.15, 0.2) is 6.10 Å². The lowest BCUT2D eigenvalue weighted by Gasteiger charge is -2.20. The topological polar surface area (TPSA) is 192 Å². The van der Waals surface area contributed by atoms with Crippen molar-refractivity contribution in [2.75, 3.05) is 19.8 Å². The van der Waals surface area contributed by atoms with Gasteiger partial charge in [-0.2, -0.15) is 0 Å². The molecule has 0 heterocycles. The number of hydrogen-bond donors (Lipinski definition) is 4.